The largest absolute Gasteiger partial charge is 0.256 e. The van der Waals surface area contributed by atoms with Crippen molar-refractivity contribution in [1.82, 2.24) is 4.98 Å². The van der Waals surface area contributed by atoms with Gasteiger partial charge in [-0.2, -0.15) is 23.5 Å². The number of pyridine rings is 1. The van der Waals surface area contributed by atoms with Crippen LogP contribution in [0.3, 0.4) is 0 Å². The van der Waals surface area contributed by atoms with Crippen LogP contribution >= 0.6 is 23.5 Å². The second-order valence-electron chi connectivity index (χ2n) is 2.49. The minimum absolute atomic E-state index is 0. The van der Waals surface area contributed by atoms with Gasteiger partial charge in [-0.25, -0.2) is 0 Å². The smallest absolute Gasteiger partial charge is 0.0506 e. The molecule has 0 aliphatic carbocycles. The van der Waals surface area contributed by atoms with Gasteiger partial charge in [-0.15, -0.1) is 0 Å². The Bertz CT molecular complexity index is 222. The van der Waals surface area contributed by atoms with Crippen molar-refractivity contribution in [3.63, 3.8) is 0 Å². The number of nitrogens with zero attached hydrogens (tertiary/aromatic N) is 1. The quantitative estimate of drug-likeness (QED) is 0.794. The van der Waals surface area contributed by atoms with Gasteiger partial charge in [-0.3, -0.25) is 4.98 Å². The third-order valence-corrected chi connectivity index (χ3v) is 2.62. The summed E-state index contributed by atoms with van der Waals surface area (Å²) in [5.41, 5.74) is 2.38. The summed E-state index contributed by atoms with van der Waals surface area (Å²) in [7, 11) is 0. The summed E-state index contributed by atoms with van der Waals surface area (Å²) in [6, 6.07) is 6.25. The van der Waals surface area contributed by atoms with Gasteiger partial charge in [0.25, 0.3) is 0 Å². The molecule has 0 fully saturated rings. The van der Waals surface area contributed by atoms with Crippen LogP contribution in [0, 0.1) is 0 Å². The van der Waals surface area contributed by atoms with E-state index in [1.807, 2.05) is 23.5 Å². The average Bonchev–Trinajstić information content (AvgIpc) is 2.06. The van der Waals surface area contributed by atoms with Crippen molar-refractivity contribution >= 4 is 23.5 Å². The van der Waals surface area contributed by atoms with E-state index in [1.165, 1.54) is 11.4 Å². The molecular formula is C9H13NRhS2. The van der Waals surface area contributed by atoms with E-state index in [-0.39, 0.29) is 19.5 Å². The molecule has 0 aliphatic heterocycles. The van der Waals surface area contributed by atoms with Gasteiger partial charge in [0.2, 0.25) is 0 Å². The first-order chi connectivity index (χ1) is 5.86. The Hall–Kier alpha value is 0.473. The summed E-state index contributed by atoms with van der Waals surface area (Å²) < 4.78 is 0. The molecule has 1 nitrogen and oxygen atoms in total. The van der Waals surface area contributed by atoms with Crippen LogP contribution < -0.4 is 0 Å². The van der Waals surface area contributed by atoms with Crippen molar-refractivity contribution in [2.24, 2.45) is 0 Å². The summed E-state index contributed by atoms with van der Waals surface area (Å²) in [5, 5.41) is 0. The Kier molecular flexibility index (Phi) is 8.12. The van der Waals surface area contributed by atoms with Crippen molar-refractivity contribution in [2.75, 3.05) is 12.5 Å². The molecule has 1 aromatic rings. The Morgan fingerprint density at radius 1 is 1.08 bits per heavy atom. The molecule has 13 heavy (non-hydrogen) atoms. The van der Waals surface area contributed by atoms with E-state index in [9.17, 15) is 0 Å². The van der Waals surface area contributed by atoms with Crippen LogP contribution in [0.2, 0.25) is 0 Å². The van der Waals surface area contributed by atoms with Crippen molar-refractivity contribution < 1.29 is 19.5 Å². The molecule has 1 aromatic heterocycles. The fourth-order valence-corrected chi connectivity index (χ4v) is 1.90. The van der Waals surface area contributed by atoms with Crippen molar-refractivity contribution in [2.45, 2.75) is 11.5 Å². The molecule has 0 bridgehead atoms. The van der Waals surface area contributed by atoms with E-state index in [2.05, 4.69) is 35.7 Å². The first-order valence-electron chi connectivity index (χ1n) is 3.79. The normalized spacial score (nSPS) is 9.38. The fourth-order valence-electron chi connectivity index (χ4n) is 0.986. The molecule has 1 radical (unpaired) electrons. The molecule has 1 heterocycles. The van der Waals surface area contributed by atoms with E-state index in [4.69, 9.17) is 0 Å². The van der Waals surface area contributed by atoms with Gasteiger partial charge < -0.3 is 0 Å². The first-order valence-corrected chi connectivity index (χ1v) is 6.58. The van der Waals surface area contributed by atoms with E-state index in [0.717, 1.165) is 11.5 Å². The van der Waals surface area contributed by atoms with E-state index in [0.29, 0.717) is 0 Å². The van der Waals surface area contributed by atoms with E-state index in [1.54, 1.807) is 0 Å². The molecule has 0 saturated heterocycles. The molecular weight excluding hydrogens is 289 g/mol. The number of aromatic nitrogens is 1. The molecule has 0 aliphatic rings. The maximum absolute atomic E-state index is 4.51. The number of thioether (sulfide) groups is 2. The van der Waals surface area contributed by atoms with Crippen LogP contribution in [0.5, 0.6) is 0 Å². The van der Waals surface area contributed by atoms with Gasteiger partial charge in [-0.05, 0) is 24.6 Å². The molecule has 0 spiro atoms. The fraction of sp³-hybridized carbons (Fsp3) is 0.444. The van der Waals surface area contributed by atoms with E-state index >= 15 is 0 Å². The second-order valence-corrected chi connectivity index (χ2v) is 4.22. The van der Waals surface area contributed by atoms with Crippen molar-refractivity contribution in [3.8, 4) is 0 Å². The number of rotatable bonds is 4. The number of hydrogen-bond acceptors (Lipinski definition) is 3. The monoisotopic (exact) mass is 302 g/mol. The predicted octanol–water partition coefficient (Wildman–Crippen LogP) is 2.81. The summed E-state index contributed by atoms with van der Waals surface area (Å²) in [4.78, 5) is 4.51. The first kappa shape index (κ1) is 13.5. The molecule has 4 heteroatoms. The average molecular weight is 302 g/mol. The Labute approximate surface area is 101 Å². The van der Waals surface area contributed by atoms with Crippen molar-refractivity contribution in [1.29, 1.82) is 0 Å². The Morgan fingerprint density at radius 2 is 1.54 bits per heavy atom. The summed E-state index contributed by atoms with van der Waals surface area (Å²) >= 11 is 3.62. The molecule has 0 saturated carbocycles. The van der Waals surface area contributed by atoms with Gasteiger partial charge in [0.05, 0.1) is 11.4 Å². The minimum atomic E-state index is 0. The van der Waals surface area contributed by atoms with Crippen molar-refractivity contribution in [3.05, 3.63) is 29.6 Å². The zero-order valence-corrected chi connectivity index (χ0v) is 11.0. The summed E-state index contributed by atoms with van der Waals surface area (Å²) in [6.45, 7) is 0. The molecule has 0 aromatic carbocycles. The van der Waals surface area contributed by atoms with Crippen LogP contribution in [-0.4, -0.2) is 17.5 Å². The zero-order valence-electron chi connectivity index (χ0n) is 7.74. The third kappa shape index (κ3) is 5.04. The predicted molar refractivity (Wildman–Crippen MR) is 58.7 cm³/mol. The standard InChI is InChI=1S/C9H13NS2.Rh/c1-11-6-8-4-3-5-9(10-8)7-12-2;/h3-5H,6-7H2,1-2H3;. The van der Waals surface area contributed by atoms with Crippen LogP contribution in [0.25, 0.3) is 0 Å². The zero-order chi connectivity index (χ0) is 8.81. The summed E-state index contributed by atoms with van der Waals surface area (Å²) in [5.74, 6) is 2.03. The van der Waals surface area contributed by atoms with Gasteiger partial charge in [0.1, 0.15) is 0 Å². The molecule has 75 valence electrons. The van der Waals surface area contributed by atoms with Gasteiger partial charge in [-0.1, -0.05) is 6.07 Å². The SMILES string of the molecule is CSCc1cccc(CSC)n1.[Rh]. The van der Waals surface area contributed by atoms with E-state index < -0.39 is 0 Å². The maximum atomic E-state index is 4.51. The molecule has 1 rings (SSSR count). The topological polar surface area (TPSA) is 12.9 Å². The van der Waals surface area contributed by atoms with Crippen LogP contribution in [0.1, 0.15) is 11.4 Å². The van der Waals surface area contributed by atoms with Crippen LogP contribution in [0.4, 0.5) is 0 Å². The Balaban J connectivity index is 0.00000144. The van der Waals surface area contributed by atoms with Gasteiger partial charge >= 0.3 is 0 Å². The second kappa shape index (κ2) is 7.84. The summed E-state index contributed by atoms with van der Waals surface area (Å²) in [6.07, 6.45) is 4.20. The maximum Gasteiger partial charge on any atom is 0.0506 e. The van der Waals surface area contributed by atoms with Gasteiger partial charge in [0.15, 0.2) is 0 Å². The van der Waals surface area contributed by atoms with Gasteiger partial charge in [0, 0.05) is 31.0 Å². The number of hydrogen-bond donors (Lipinski definition) is 0. The molecule has 0 atom stereocenters. The van der Waals surface area contributed by atoms with Crippen LogP contribution in [-0.2, 0) is 31.0 Å². The minimum Gasteiger partial charge on any atom is -0.256 e. The van der Waals surface area contributed by atoms with Crippen LogP contribution in [0.15, 0.2) is 18.2 Å². The Morgan fingerprint density at radius 3 is 1.92 bits per heavy atom. The molecule has 0 amide bonds. The third-order valence-electron chi connectivity index (χ3n) is 1.45. The molecule has 0 unspecified atom stereocenters. The molecule has 0 N–H and O–H groups in total.